The Labute approximate surface area is 182 Å². The third kappa shape index (κ3) is 5.10. The van der Waals surface area contributed by atoms with Gasteiger partial charge < -0.3 is 10.1 Å². The Morgan fingerprint density at radius 2 is 1.68 bits per heavy atom. The number of para-hydroxylation sites is 1. The molecule has 0 radical (unpaired) electrons. The zero-order valence-corrected chi connectivity index (χ0v) is 17.7. The summed E-state index contributed by atoms with van der Waals surface area (Å²) in [5.41, 5.74) is 4.46. The van der Waals surface area contributed by atoms with Gasteiger partial charge in [-0.25, -0.2) is 4.98 Å². The van der Waals surface area contributed by atoms with E-state index in [4.69, 9.17) is 9.72 Å². The maximum atomic E-state index is 13.0. The molecule has 0 atom stereocenters. The average Bonchev–Trinajstić information content (AvgIpc) is 2.82. The normalized spacial score (nSPS) is 10.7. The van der Waals surface area contributed by atoms with Gasteiger partial charge in [-0.15, -0.1) is 0 Å². The first-order chi connectivity index (χ1) is 15.2. The molecule has 4 aromatic rings. The second-order valence-electron chi connectivity index (χ2n) is 7.37. The molecule has 0 saturated carbocycles. The van der Waals surface area contributed by atoms with Crippen LogP contribution < -0.4 is 10.1 Å². The molecule has 1 aromatic heterocycles. The zero-order valence-electron chi connectivity index (χ0n) is 17.7. The fourth-order valence-corrected chi connectivity index (χ4v) is 3.63. The van der Waals surface area contributed by atoms with Crippen molar-refractivity contribution in [1.82, 2.24) is 10.3 Å². The highest BCUT2D eigenvalue weighted by Gasteiger charge is 2.13. The Hall–Kier alpha value is -3.66. The molecule has 1 heterocycles. The second kappa shape index (κ2) is 9.90. The molecule has 156 valence electrons. The summed E-state index contributed by atoms with van der Waals surface area (Å²) in [7, 11) is 0. The summed E-state index contributed by atoms with van der Waals surface area (Å²) in [5.74, 6) is 0.752. The number of rotatable bonds is 8. The Morgan fingerprint density at radius 1 is 0.935 bits per heavy atom. The van der Waals surface area contributed by atoms with Gasteiger partial charge in [0, 0.05) is 17.5 Å². The van der Waals surface area contributed by atoms with Crippen LogP contribution in [0.4, 0.5) is 0 Å². The summed E-state index contributed by atoms with van der Waals surface area (Å²) in [6.45, 7) is 3.22. The molecule has 1 amide bonds. The number of nitrogens with one attached hydrogen (secondary N) is 1. The van der Waals surface area contributed by atoms with Crippen molar-refractivity contribution in [2.75, 3.05) is 13.2 Å². The minimum absolute atomic E-state index is 0.0705. The SMILES string of the molecule is CCOc1ccc(-c2cc(C(=O)NCCCc3ccccc3)c3ccccc3n2)cc1. The number of benzene rings is 3. The molecule has 0 aliphatic heterocycles. The third-order valence-electron chi connectivity index (χ3n) is 5.19. The molecular formula is C27H26N2O2. The smallest absolute Gasteiger partial charge is 0.252 e. The summed E-state index contributed by atoms with van der Waals surface area (Å²) in [6, 6.07) is 27.8. The van der Waals surface area contributed by atoms with Crippen molar-refractivity contribution in [3.63, 3.8) is 0 Å². The topological polar surface area (TPSA) is 51.2 Å². The van der Waals surface area contributed by atoms with E-state index in [1.165, 1.54) is 5.56 Å². The second-order valence-corrected chi connectivity index (χ2v) is 7.37. The van der Waals surface area contributed by atoms with Crippen LogP contribution in [0.15, 0.2) is 84.9 Å². The van der Waals surface area contributed by atoms with Crippen LogP contribution in [0, 0.1) is 0 Å². The molecule has 0 aliphatic carbocycles. The highest BCUT2D eigenvalue weighted by Crippen LogP contribution is 2.26. The Bertz CT molecular complexity index is 1150. The Kier molecular flexibility index (Phi) is 6.58. The fraction of sp³-hybridized carbons (Fsp3) is 0.185. The van der Waals surface area contributed by atoms with E-state index in [0.717, 1.165) is 40.8 Å². The van der Waals surface area contributed by atoms with Crippen molar-refractivity contribution in [2.24, 2.45) is 0 Å². The molecule has 1 N–H and O–H groups in total. The third-order valence-corrected chi connectivity index (χ3v) is 5.19. The number of fused-ring (bicyclic) bond motifs is 1. The number of hydrogen-bond donors (Lipinski definition) is 1. The number of carbonyl (C=O) groups excluding carboxylic acids is 1. The first-order valence-corrected chi connectivity index (χ1v) is 10.7. The Morgan fingerprint density at radius 3 is 2.45 bits per heavy atom. The van der Waals surface area contributed by atoms with Gasteiger partial charge in [-0.3, -0.25) is 4.79 Å². The number of ether oxygens (including phenoxy) is 1. The number of amides is 1. The predicted molar refractivity (Wildman–Crippen MR) is 125 cm³/mol. The van der Waals surface area contributed by atoms with Gasteiger partial charge in [0.05, 0.1) is 23.4 Å². The number of carbonyl (C=O) groups is 1. The van der Waals surface area contributed by atoms with Crippen LogP contribution in [0.1, 0.15) is 29.3 Å². The molecule has 4 nitrogen and oxygen atoms in total. The van der Waals surface area contributed by atoms with Crippen molar-refractivity contribution in [3.05, 3.63) is 96.1 Å². The van der Waals surface area contributed by atoms with E-state index >= 15 is 0 Å². The van der Waals surface area contributed by atoms with Crippen LogP contribution in [0.25, 0.3) is 22.2 Å². The molecule has 0 spiro atoms. The van der Waals surface area contributed by atoms with Gasteiger partial charge in [-0.1, -0.05) is 48.5 Å². The first kappa shape index (κ1) is 20.6. The highest BCUT2D eigenvalue weighted by atomic mass is 16.5. The van der Waals surface area contributed by atoms with Crippen molar-refractivity contribution in [1.29, 1.82) is 0 Å². The zero-order chi connectivity index (χ0) is 21.5. The molecule has 0 bridgehead atoms. The number of hydrogen-bond acceptors (Lipinski definition) is 3. The number of aromatic nitrogens is 1. The largest absolute Gasteiger partial charge is 0.494 e. The summed E-state index contributed by atoms with van der Waals surface area (Å²) in [5, 5.41) is 3.94. The van der Waals surface area contributed by atoms with Crippen LogP contribution in [0.5, 0.6) is 5.75 Å². The highest BCUT2D eigenvalue weighted by molar-refractivity contribution is 6.07. The lowest BCUT2D eigenvalue weighted by atomic mass is 10.0. The van der Waals surface area contributed by atoms with Crippen molar-refractivity contribution < 1.29 is 9.53 Å². The van der Waals surface area contributed by atoms with Gasteiger partial charge in [0.15, 0.2) is 0 Å². The molecule has 3 aromatic carbocycles. The fourth-order valence-electron chi connectivity index (χ4n) is 3.63. The minimum atomic E-state index is -0.0705. The van der Waals surface area contributed by atoms with E-state index in [9.17, 15) is 4.79 Å². The molecule has 0 fully saturated rings. The van der Waals surface area contributed by atoms with Crippen molar-refractivity contribution in [2.45, 2.75) is 19.8 Å². The molecular weight excluding hydrogens is 384 g/mol. The van der Waals surface area contributed by atoms with Gasteiger partial charge in [-0.2, -0.15) is 0 Å². The standard InChI is InChI=1S/C27H26N2O2/c1-2-31-22-16-14-21(15-17-22)26-19-24(23-12-6-7-13-25(23)29-26)27(30)28-18-8-11-20-9-4-3-5-10-20/h3-7,9-10,12-17,19H,2,8,11,18H2,1H3,(H,28,30). The maximum absolute atomic E-state index is 13.0. The van der Waals surface area contributed by atoms with E-state index in [-0.39, 0.29) is 5.91 Å². The quantitative estimate of drug-likeness (QED) is 0.381. The average molecular weight is 411 g/mol. The summed E-state index contributed by atoms with van der Waals surface area (Å²) in [6.07, 6.45) is 1.83. The van der Waals surface area contributed by atoms with Crippen LogP contribution >= 0.6 is 0 Å². The monoisotopic (exact) mass is 410 g/mol. The van der Waals surface area contributed by atoms with Gasteiger partial charge >= 0.3 is 0 Å². The number of aryl methyl sites for hydroxylation is 1. The predicted octanol–water partition coefficient (Wildman–Crippen LogP) is 5.66. The van der Waals surface area contributed by atoms with E-state index in [2.05, 4.69) is 17.4 Å². The number of nitrogens with zero attached hydrogens (tertiary/aromatic N) is 1. The molecule has 0 saturated heterocycles. The maximum Gasteiger partial charge on any atom is 0.252 e. The number of pyridine rings is 1. The van der Waals surface area contributed by atoms with Gasteiger partial charge in [0.1, 0.15) is 5.75 Å². The molecule has 0 unspecified atom stereocenters. The Balaban J connectivity index is 1.53. The van der Waals surface area contributed by atoms with Crippen LogP contribution in [0.2, 0.25) is 0 Å². The lowest BCUT2D eigenvalue weighted by Crippen LogP contribution is -2.25. The van der Waals surface area contributed by atoms with E-state index in [0.29, 0.717) is 18.7 Å². The summed E-state index contributed by atoms with van der Waals surface area (Å²) in [4.78, 5) is 17.8. The minimum Gasteiger partial charge on any atom is -0.494 e. The molecule has 4 rings (SSSR count). The van der Waals surface area contributed by atoms with E-state index in [1.54, 1.807) is 0 Å². The van der Waals surface area contributed by atoms with Crippen LogP contribution in [-0.2, 0) is 6.42 Å². The van der Waals surface area contributed by atoms with Crippen molar-refractivity contribution >= 4 is 16.8 Å². The summed E-state index contributed by atoms with van der Waals surface area (Å²) < 4.78 is 5.53. The van der Waals surface area contributed by atoms with E-state index < -0.39 is 0 Å². The van der Waals surface area contributed by atoms with Crippen LogP contribution in [0.3, 0.4) is 0 Å². The lowest BCUT2D eigenvalue weighted by molar-refractivity contribution is 0.0955. The molecule has 31 heavy (non-hydrogen) atoms. The molecule has 4 heteroatoms. The lowest BCUT2D eigenvalue weighted by Gasteiger charge is -2.11. The van der Waals surface area contributed by atoms with E-state index in [1.807, 2.05) is 79.7 Å². The van der Waals surface area contributed by atoms with Crippen LogP contribution in [-0.4, -0.2) is 24.0 Å². The van der Waals surface area contributed by atoms with Gasteiger partial charge in [0.2, 0.25) is 0 Å². The van der Waals surface area contributed by atoms with Gasteiger partial charge in [-0.05, 0) is 61.7 Å². The van der Waals surface area contributed by atoms with Crippen molar-refractivity contribution in [3.8, 4) is 17.0 Å². The van der Waals surface area contributed by atoms with Gasteiger partial charge in [0.25, 0.3) is 5.91 Å². The first-order valence-electron chi connectivity index (χ1n) is 10.7. The summed E-state index contributed by atoms with van der Waals surface area (Å²) >= 11 is 0. The molecule has 0 aliphatic rings.